The lowest BCUT2D eigenvalue weighted by molar-refractivity contribution is -0.114. The van der Waals surface area contributed by atoms with E-state index in [0.717, 1.165) is 45.1 Å². The molecule has 1 aromatic heterocycles. The van der Waals surface area contributed by atoms with Gasteiger partial charge < -0.3 is 20.7 Å². The first-order valence-electron chi connectivity index (χ1n) is 9.29. The highest BCUT2D eigenvalue weighted by atomic mass is 16.5. The summed E-state index contributed by atoms with van der Waals surface area (Å²) in [6, 6.07) is 10.5. The molecule has 2 aromatic rings. The van der Waals surface area contributed by atoms with E-state index in [-0.39, 0.29) is 11.8 Å². The smallest absolute Gasteiger partial charge is 0.274 e. The van der Waals surface area contributed by atoms with Crippen LogP contribution >= 0.6 is 0 Å². The molecule has 8 heteroatoms. The number of carbonyl (C=O) groups excluding carboxylic acids is 2. The normalized spacial score (nSPS) is 14.3. The Morgan fingerprint density at radius 1 is 1.07 bits per heavy atom. The lowest BCUT2D eigenvalue weighted by Crippen LogP contribution is -2.39. The van der Waals surface area contributed by atoms with Gasteiger partial charge in [0, 0.05) is 44.5 Å². The van der Waals surface area contributed by atoms with E-state index in [1.54, 1.807) is 36.5 Å². The van der Waals surface area contributed by atoms with Gasteiger partial charge in [-0.15, -0.1) is 0 Å². The van der Waals surface area contributed by atoms with Crippen LogP contribution in [0.4, 0.5) is 17.1 Å². The molecular weight excluding hydrogens is 358 g/mol. The van der Waals surface area contributed by atoms with Gasteiger partial charge in [0.2, 0.25) is 5.91 Å². The fourth-order valence-electron chi connectivity index (χ4n) is 2.89. The fourth-order valence-corrected chi connectivity index (χ4v) is 2.89. The molecule has 28 heavy (non-hydrogen) atoms. The number of carbonyl (C=O) groups is 2. The lowest BCUT2D eigenvalue weighted by atomic mass is 10.2. The molecule has 0 unspecified atom stereocenters. The molecule has 2 heterocycles. The van der Waals surface area contributed by atoms with Crippen molar-refractivity contribution in [3.05, 3.63) is 48.3 Å². The number of rotatable bonds is 7. The Hall–Kier alpha value is -2.97. The maximum absolute atomic E-state index is 12.4. The van der Waals surface area contributed by atoms with E-state index in [4.69, 9.17) is 4.74 Å². The largest absolute Gasteiger partial charge is 0.383 e. The summed E-state index contributed by atoms with van der Waals surface area (Å²) in [7, 11) is 0. The molecule has 1 saturated heterocycles. The van der Waals surface area contributed by atoms with Crippen molar-refractivity contribution in [2.24, 2.45) is 0 Å². The predicted molar refractivity (Wildman–Crippen MR) is 109 cm³/mol. The summed E-state index contributed by atoms with van der Waals surface area (Å²) < 4.78 is 5.34. The summed E-state index contributed by atoms with van der Waals surface area (Å²) in [5.74, 6) is -0.471. The van der Waals surface area contributed by atoms with Gasteiger partial charge in [0.15, 0.2) is 0 Å². The number of hydrogen-bond acceptors (Lipinski definition) is 6. The molecule has 1 aliphatic rings. The second-order valence-electron chi connectivity index (χ2n) is 6.53. The summed E-state index contributed by atoms with van der Waals surface area (Å²) in [4.78, 5) is 30.1. The predicted octanol–water partition coefficient (Wildman–Crippen LogP) is 2.04. The van der Waals surface area contributed by atoms with Gasteiger partial charge in [-0.1, -0.05) is 6.07 Å². The van der Waals surface area contributed by atoms with Gasteiger partial charge in [-0.3, -0.25) is 14.5 Å². The first kappa shape index (κ1) is 19.8. The number of anilines is 3. The van der Waals surface area contributed by atoms with Crippen LogP contribution in [0.3, 0.4) is 0 Å². The highest BCUT2D eigenvalue weighted by molar-refractivity contribution is 6.03. The quantitative estimate of drug-likeness (QED) is 0.677. The summed E-state index contributed by atoms with van der Waals surface area (Å²) in [6.07, 6.45) is 1.65. The van der Waals surface area contributed by atoms with Crippen LogP contribution < -0.4 is 16.0 Å². The Balaban J connectivity index is 1.50. The third-order valence-electron chi connectivity index (χ3n) is 4.30. The number of nitrogens with zero attached hydrogens (tertiary/aromatic N) is 2. The van der Waals surface area contributed by atoms with Crippen LogP contribution in [0.5, 0.6) is 0 Å². The van der Waals surface area contributed by atoms with Crippen LogP contribution in [0, 0.1) is 0 Å². The van der Waals surface area contributed by atoms with Crippen molar-refractivity contribution < 1.29 is 14.3 Å². The zero-order chi connectivity index (χ0) is 19.8. The van der Waals surface area contributed by atoms with E-state index < -0.39 is 0 Å². The van der Waals surface area contributed by atoms with Crippen molar-refractivity contribution in [1.29, 1.82) is 0 Å². The molecule has 0 atom stereocenters. The number of morpholine rings is 1. The zero-order valence-corrected chi connectivity index (χ0v) is 15.9. The second kappa shape index (κ2) is 9.82. The molecule has 148 valence electrons. The highest BCUT2D eigenvalue weighted by Gasteiger charge is 2.10. The van der Waals surface area contributed by atoms with Gasteiger partial charge in [-0.05, 0) is 30.3 Å². The number of benzene rings is 1. The topological polar surface area (TPSA) is 95.6 Å². The summed E-state index contributed by atoms with van der Waals surface area (Å²) in [5.41, 5.74) is 2.41. The minimum atomic E-state index is -0.306. The summed E-state index contributed by atoms with van der Waals surface area (Å²) in [5, 5.41) is 8.79. The van der Waals surface area contributed by atoms with E-state index in [9.17, 15) is 9.59 Å². The van der Waals surface area contributed by atoms with Gasteiger partial charge in [0.25, 0.3) is 5.91 Å². The molecule has 1 aliphatic heterocycles. The molecule has 0 saturated carbocycles. The first-order valence-corrected chi connectivity index (χ1v) is 9.29. The standard InChI is InChI=1S/C20H25N5O3/c1-15(26)23-16-3-2-4-17(13-16)24-20(27)19-6-5-18(14-22-19)21-7-8-25-9-11-28-12-10-25/h2-6,13-14,21H,7-12H2,1H3,(H,23,26)(H,24,27). The number of aromatic nitrogens is 1. The summed E-state index contributed by atoms with van der Waals surface area (Å²) in [6.45, 7) is 6.69. The molecule has 3 rings (SSSR count). The SMILES string of the molecule is CC(=O)Nc1cccc(NC(=O)c2ccc(NCCN3CCOCC3)cn2)c1. The van der Waals surface area contributed by atoms with Crippen molar-refractivity contribution >= 4 is 28.9 Å². The second-order valence-corrected chi connectivity index (χ2v) is 6.53. The van der Waals surface area contributed by atoms with Crippen LogP contribution in [0.1, 0.15) is 17.4 Å². The molecule has 0 bridgehead atoms. The van der Waals surface area contributed by atoms with E-state index in [0.29, 0.717) is 17.1 Å². The van der Waals surface area contributed by atoms with Crippen molar-refractivity contribution in [3.63, 3.8) is 0 Å². The Kier molecular flexibility index (Phi) is 6.94. The minimum Gasteiger partial charge on any atom is -0.383 e. The van der Waals surface area contributed by atoms with Crippen LogP contribution in [0.25, 0.3) is 0 Å². The van der Waals surface area contributed by atoms with Crippen LogP contribution in [0.15, 0.2) is 42.6 Å². The maximum Gasteiger partial charge on any atom is 0.274 e. The van der Waals surface area contributed by atoms with E-state index >= 15 is 0 Å². The van der Waals surface area contributed by atoms with Crippen molar-refractivity contribution in [2.75, 3.05) is 55.3 Å². The minimum absolute atomic E-state index is 0.165. The van der Waals surface area contributed by atoms with Crippen molar-refractivity contribution in [2.45, 2.75) is 6.92 Å². The molecule has 2 amide bonds. The average Bonchev–Trinajstić information content (AvgIpc) is 2.69. The molecule has 0 radical (unpaired) electrons. The Morgan fingerprint density at radius 3 is 2.50 bits per heavy atom. The molecule has 1 aromatic carbocycles. The zero-order valence-electron chi connectivity index (χ0n) is 15.9. The van der Waals surface area contributed by atoms with E-state index in [1.807, 2.05) is 6.07 Å². The molecular formula is C20H25N5O3. The molecule has 1 fully saturated rings. The number of amides is 2. The van der Waals surface area contributed by atoms with Crippen molar-refractivity contribution in [1.82, 2.24) is 9.88 Å². The van der Waals surface area contributed by atoms with Gasteiger partial charge in [-0.2, -0.15) is 0 Å². The van der Waals surface area contributed by atoms with Gasteiger partial charge in [-0.25, -0.2) is 4.98 Å². The maximum atomic E-state index is 12.4. The number of hydrogen-bond donors (Lipinski definition) is 3. The fraction of sp³-hybridized carbons (Fsp3) is 0.350. The van der Waals surface area contributed by atoms with Gasteiger partial charge in [0.05, 0.1) is 25.1 Å². The third kappa shape index (κ3) is 6.04. The average molecular weight is 383 g/mol. The summed E-state index contributed by atoms with van der Waals surface area (Å²) >= 11 is 0. The van der Waals surface area contributed by atoms with Gasteiger partial charge in [0.1, 0.15) is 5.69 Å². The lowest BCUT2D eigenvalue weighted by Gasteiger charge is -2.26. The molecule has 3 N–H and O–H groups in total. The highest BCUT2D eigenvalue weighted by Crippen LogP contribution is 2.16. The number of ether oxygens (including phenoxy) is 1. The van der Waals surface area contributed by atoms with Crippen molar-refractivity contribution in [3.8, 4) is 0 Å². The van der Waals surface area contributed by atoms with Crippen LogP contribution in [-0.4, -0.2) is 61.1 Å². The third-order valence-corrected chi connectivity index (χ3v) is 4.30. The Morgan fingerprint density at radius 2 is 1.82 bits per heavy atom. The van der Waals surface area contributed by atoms with E-state index in [2.05, 4.69) is 25.8 Å². The monoisotopic (exact) mass is 383 g/mol. The van der Waals surface area contributed by atoms with Crippen LogP contribution in [0.2, 0.25) is 0 Å². The molecule has 0 spiro atoms. The number of nitrogens with one attached hydrogen (secondary N) is 3. The van der Waals surface area contributed by atoms with E-state index in [1.165, 1.54) is 6.92 Å². The Labute approximate surface area is 164 Å². The number of pyridine rings is 1. The Bertz CT molecular complexity index is 804. The van der Waals surface area contributed by atoms with Gasteiger partial charge >= 0.3 is 0 Å². The molecule has 8 nitrogen and oxygen atoms in total. The first-order chi connectivity index (χ1) is 13.6. The molecule has 0 aliphatic carbocycles. The van der Waals surface area contributed by atoms with Crippen LogP contribution in [-0.2, 0) is 9.53 Å².